The van der Waals surface area contributed by atoms with Gasteiger partial charge in [0.2, 0.25) is 0 Å². The van der Waals surface area contributed by atoms with Gasteiger partial charge in [-0.15, -0.1) is 0 Å². The molecule has 0 atom stereocenters. The maximum atomic E-state index is 12.2. The van der Waals surface area contributed by atoms with Crippen LogP contribution in [-0.2, 0) is 6.54 Å². The standard InChI is InChI=1S/C20H23F2N3OS/c1-24(14-15-6-2-3-7-18(15)25-12-4-5-13-25)20(27)23-16-8-10-17(11-9-16)26-19(21)22/h2-3,6-11,19H,4-5,12-14H2,1H3,(H,23,27). The van der Waals surface area contributed by atoms with Crippen LogP contribution in [0.15, 0.2) is 48.5 Å². The maximum absolute atomic E-state index is 12.2. The number of anilines is 2. The van der Waals surface area contributed by atoms with Crippen molar-refractivity contribution < 1.29 is 13.5 Å². The summed E-state index contributed by atoms with van der Waals surface area (Å²) in [5, 5.41) is 3.70. The van der Waals surface area contributed by atoms with E-state index in [1.54, 1.807) is 12.1 Å². The third-order valence-corrected chi connectivity index (χ3v) is 4.94. The first kappa shape index (κ1) is 19.4. The molecule has 7 heteroatoms. The highest BCUT2D eigenvalue weighted by Gasteiger charge is 2.16. The van der Waals surface area contributed by atoms with Crippen LogP contribution in [0.3, 0.4) is 0 Å². The number of para-hydroxylation sites is 1. The first-order valence-electron chi connectivity index (χ1n) is 8.93. The Bertz CT molecular complexity index is 764. The third kappa shape index (κ3) is 5.29. The summed E-state index contributed by atoms with van der Waals surface area (Å²) in [5.41, 5.74) is 3.21. The van der Waals surface area contributed by atoms with Crippen LogP contribution < -0.4 is 15.0 Å². The molecule has 144 valence electrons. The molecule has 1 fully saturated rings. The minimum absolute atomic E-state index is 0.120. The van der Waals surface area contributed by atoms with Gasteiger partial charge < -0.3 is 19.9 Å². The molecule has 0 saturated carbocycles. The molecule has 0 unspecified atom stereocenters. The van der Waals surface area contributed by atoms with Crippen LogP contribution in [0.25, 0.3) is 0 Å². The summed E-state index contributed by atoms with van der Waals surface area (Å²) < 4.78 is 28.8. The summed E-state index contributed by atoms with van der Waals surface area (Å²) in [6.45, 7) is 0.0459. The first-order chi connectivity index (χ1) is 13.0. The first-order valence-corrected chi connectivity index (χ1v) is 9.33. The Morgan fingerprint density at radius 1 is 1.15 bits per heavy atom. The lowest BCUT2D eigenvalue weighted by Crippen LogP contribution is -2.31. The molecule has 0 amide bonds. The molecule has 0 spiro atoms. The predicted octanol–water partition coefficient (Wildman–Crippen LogP) is 4.72. The second kappa shape index (κ2) is 8.99. The lowest BCUT2D eigenvalue weighted by atomic mass is 10.1. The highest BCUT2D eigenvalue weighted by atomic mass is 32.1. The molecule has 0 bridgehead atoms. The average molecular weight is 391 g/mol. The summed E-state index contributed by atoms with van der Waals surface area (Å²) in [7, 11) is 1.93. The number of halogens is 2. The van der Waals surface area contributed by atoms with E-state index in [9.17, 15) is 8.78 Å². The van der Waals surface area contributed by atoms with Crippen molar-refractivity contribution in [3.63, 3.8) is 0 Å². The molecule has 1 aliphatic rings. The van der Waals surface area contributed by atoms with Crippen molar-refractivity contribution in [2.75, 3.05) is 30.4 Å². The van der Waals surface area contributed by atoms with Gasteiger partial charge in [0.15, 0.2) is 5.11 Å². The highest BCUT2D eigenvalue weighted by molar-refractivity contribution is 7.80. The Morgan fingerprint density at radius 2 is 1.81 bits per heavy atom. The highest BCUT2D eigenvalue weighted by Crippen LogP contribution is 2.25. The molecule has 1 saturated heterocycles. The number of nitrogens with zero attached hydrogens (tertiary/aromatic N) is 2. The fraction of sp³-hybridized carbons (Fsp3) is 0.350. The molecule has 2 aromatic carbocycles. The molecule has 2 aromatic rings. The normalized spacial score (nSPS) is 13.7. The number of benzene rings is 2. The number of ether oxygens (including phenoxy) is 1. The van der Waals surface area contributed by atoms with Crippen LogP contribution in [0.2, 0.25) is 0 Å². The number of rotatable bonds is 6. The lowest BCUT2D eigenvalue weighted by Gasteiger charge is -2.26. The van der Waals surface area contributed by atoms with Gasteiger partial charge in [-0.25, -0.2) is 0 Å². The Kier molecular flexibility index (Phi) is 6.45. The molecule has 1 N–H and O–H groups in total. The minimum Gasteiger partial charge on any atom is -0.435 e. The second-order valence-electron chi connectivity index (χ2n) is 6.51. The zero-order valence-electron chi connectivity index (χ0n) is 15.2. The van der Waals surface area contributed by atoms with Gasteiger partial charge in [0.25, 0.3) is 0 Å². The molecule has 27 heavy (non-hydrogen) atoms. The van der Waals surface area contributed by atoms with E-state index in [1.807, 2.05) is 18.0 Å². The van der Waals surface area contributed by atoms with Gasteiger partial charge in [0.1, 0.15) is 5.75 Å². The number of hydrogen-bond donors (Lipinski definition) is 1. The van der Waals surface area contributed by atoms with E-state index in [0.29, 0.717) is 11.7 Å². The molecule has 0 aliphatic carbocycles. The molecule has 1 heterocycles. The van der Waals surface area contributed by atoms with Crippen LogP contribution in [0.1, 0.15) is 18.4 Å². The van der Waals surface area contributed by atoms with E-state index in [-0.39, 0.29) is 5.75 Å². The molecule has 0 radical (unpaired) electrons. The summed E-state index contributed by atoms with van der Waals surface area (Å²) in [5.74, 6) is 0.120. The number of hydrogen-bond acceptors (Lipinski definition) is 3. The number of alkyl halides is 2. The van der Waals surface area contributed by atoms with Gasteiger partial charge >= 0.3 is 6.61 Å². The molecule has 3 rings (SSSR count). The SMILES string of the molecule is CN(Cc1ccccc1N1CCCC1)C(=S)Nc1ccc(OC(F)F)cc1. The van der Waals surface area contributed by atoms with Crippen LogP contribution in [-0.4, -0.2) is 36.8 Å². The van der Waals surface area contributed by atoms with Gasteiger partial charge in [0.05, 0.1) is 0 Å². The predicted molar refractivity (Wildman–Crippen MR) is 109 cm³/mol. The summed E-state index contributed by atoms with van der Waals surface area (Å²) in [6, 6.07) is 14.7. The summed E-state index contributed by atoms with van der Waals surface area (Å²) in [6.07, 6.45) is 2.46. The van der Waals surface area contributed by atoms with E-state index in [4.69, 9.17) is 12.2 Å². The quantitative estimate of drug-likeness (QED) is 0.720. The Morgan fingerprint density at radius 3 is 2.48 bits per heavy atom. The second-order valence-corrected chi connectivity index (χ2v) is 6.90. The van der Waals surface area contributed by atoms with Gasteiger partial charge in [-0.2, -0.15) is 8.78 Å². The van der Waals surface area contributed by atoms with Gasteiger partial charge in [0, 0.05) is 38.1 Å². The van der Waals surface area contributed by atoms with Crippen LogP contribution in [0.5, 0.6) is 5.75 Å². The van der Waals surface area contributed by atoms with E-state index in [1.165, 1.54) is 36.2 Å². The molecule has 0 aromatic heterocycles. The van der Waals surface area contributed by atoms with Crippen LogP contribution in [0, 0.1) is 0 Å². The monoisotopic (exact) mass is 391 g/mol. The lowest BCUT2D eigenvalue weighted by molar-refractivity contribution is -0.0498. The fourth-order valence-electron chi connectivity index (χ4n) is 3.18. The van der Waals surface area contributed by atoms with Crippen molar-refractivity contribution in [1.29, 1.82) is 0 Å². The van der Waals surface area contributed by atoms with Crippen LogP contribution >= 0.6 is 12.2 Å². The third-order valence-electron chi connectivity index (χ3n) is 4.52. The van der Waals surface area contributed by atoms with E-state index >= 15 is 0 Å². The largest absolute Gasteiger partial charge is 0.435 e. The fourth-order valence-corrected chi connectivity index (χ4v) is 3.36. The van der Waals surface area contributed by atoms with Gasteiger partial charge in [-0.3, -0.25) is 0 Å². The van der Waals surface area contributed by atoms with E-state index in [2.05, 4.69) is 33.2 Å². The Hall–Kier alpha value is -2.41. The van der Waals surface area contributed by atoms with E-state index < -0.39 is 6.61 Å². The van der Waals surface area contributed by atoms with Gasteiger partial charge in [-0.05, 0) is 61.0 Å². The number of nitrogens with one attached hydrogen (secondary N) is 1. The summed E-state index contributed by atoms with van der Waals surface area (Å²) >= 11 is 5.49. The minimum atomic E-state index is -2.83. The van der Waals surface area contributed by atoms with Gasteiger partial charge in [-0.1, -0.05) is 18.2 Å². The molecule has 4 nitrogen and oxygen atoms in total. The Balaban J connectivity index is 1.61. The van der Waals surface area contributed by atoms with E-state index in [0.717, 1.165) is 18.8 Å². The van der Waals surface area contributed by atoms with Crippen molar-refractivity contribution in [1.82, 2.24) is 4.90 Å². The maximum Gasteiger partial charge on any atom is 0.387 e. The number of thiocarbonyl (C=S) groups is 1. The average Bonchev–Trinajstić information content (AvgIpc) is 3.18. The zero-order chi connectivity index (χ0) is 19.2. The topological polar surface area (TPSA) is 27.7 Å². The van der Waals surface area contributed by atoms with Crippen molar-refractivity contribution in [3.8, 4) is 5.75 Å². The van der Waals surface area contributed by atoms with Crippen molar-refractivity contribution in [2.45, 2.75) is 26.0 Å². The Labute approximate surface area is 163 Å². The molecular weight excluding hydrogens is 368 g/mol. The van der Waals surface area contributed by atoms with Crippen molar-refractivity contribution in [2.24, 2.45) is 0 Å². The zero-order valence-corrected chi connectivity index (χ0v) is 16.0. The molecule has 1 aliphatic heterocycles. The smallest absolute Gasteiger partial charge is 0.387 e. The van der Waals surface area contributed by atoms with Crippen LogP contribution in [0.4, 0.5) is 20.2 Å². The van der Waals surface area contributed by atoms with Crippen molar-refractivity contribution >= 4 is 28.7 Å². The summed E-state index contributed by atoms with van der Waals surface area (Å²) in [4.78, 5) is 4.38. The molecular formula is C20H23F2N3OS. The van der Waals surface area contributed by atoms with Crippen molar-refractivity contribution in [3.05, 3.63) is 54.1 Å².